The zero-order valence-electron chi connectivity index (χ0n) is 10.3. The summed E-state index contributed by atoms with van der Waals surface area (Å²) in [4.78, 5) is 50.7. The van der Waals surface area contributed by atoms with Gasteiger partial charge in [-0.1, -0.05) is 0 Å². The number of halogens is 4. The van der Waals surface area contributed by atoms with Gasteiger partial charge in [0.25, 0.3) is 5.24 Å². The highest BCUT2D eigenvalue weighted by Crippen LogP contribution is 2.03. The summed E-state index contributed by atoms with van der Waals surface area (Å²) in [7, 11) is 0. The van der Waals surface area contributed by atoms with E-state index in [0.717, 1.165) is 0 Å². The number of rotatable bonds is 9. The highest BCUT2D eigenvalue weighted by molar-refractivity contribution is 6.81. The van der Waals surface area contributed by atoms with Crippen LogP contribution in [0.1, 0.15) is 38.5 Å². The molecule has 114 valence electrons. The lowest BCUT2D eigenvalue weighted by atomic mass is 10.2. The summed E-state index contributed by atoms with van der Waals surface area (Å²) in [5, 5.41) is -2.42. The van der Waals surface area contributed by atoms with Crippen LogP contribution < -0.4 is 0 Å². The van der Waals surface area contributed by atoms with E-state index >= 15 is 0 Å². The molecule has 5 nitrogen and oxygen atoms in total. The van der Waals surface area contributed by atoms with Crippen LogP contribution in [0, 0.1) is 0 Å². The summed E-state index contributed by atoms with van der Waals surface area (Å²) in [6.45, 7) is 0. The Morgan fingerprint density at radius 1 is 0.550 bits per heavy atom. The summed E-state index contributed by atoms with van der Waals surface area (Å²) in [6, 6.07) is 0. The van der Waals surface area contributed by atoms with E-state index in [1.54, 1.807) is 0 Å². The number of Topliss-reactive ketones (excluding diaryl/α,β-unsaturated/α-hetero) is 1. The maximum atomic E-state index is 10.4. The van der Waals surface area contributed by atoms with Crippen molar-refractivity contribution < 1.29 is 24.0 Å². The Labute approximate surface area is 135 Å². The van der Waals surface area contributed by atoms with E-state index in [1.807, 2.05) is 0 Å². The first-order valence-corrected chi connectivity index (χ1v) is 6.95. The molecule has 0 saturated carbocycles. The van der Waals surface area contributed by atoms with Crippen molar-refractivity contribution in [1.82, 2.24) is 0 Å². The second kappa shape index (κ2) is 13.5. The Morgan fingerprint density at radius 2 is 0.900 bits per heavy atom. The largest absolute Gasteiger partial charge is 0.289 e. The minimum atomic E-state index is -1.06. The molecule has 0 atom stereocenters. The van der Waals surface area contributed by atoms with Gasteiger partial charge in [0.2, 0.25) is 21.5 Å². The Kier molecular flexibility index (Phi) is 14.7. The van der Waals surface area contributed by atoms with Gasteiger partial charge in [-0.3, -0.25) is 24.0 Å². The SMILES string of the molecule is O=C(Cl)CCC(=O)C(=O)Cl.O=C(Cl)CCCCC(=O)Cl. The van der Waals surface area contributed by atoms with Gasteiger partial charge in [0, 0.05) is 25.7 Å². The maximum absolute atomic E-state index is 10.4. The highest BCUT2D eigenvalue weighted by Gasteiger charge is 2.10. The van der Waals surface area contributed by atoms with E-state index < -0.39 is 16.3 Å². The van der Waals surface area contributed by atoms with Crippen molar-refractivity contribution in [3.05, 3.63) is 0 Å². The number of carbonyl (C=O) groups is 5. The van der Waals surface area contributed by atoms with Crippen molar-refractivity contribution in [2.75, 3.05) is 0 Å². The Hall–Kier alpha value is -0.490. The molecule has 0 spiro atoms. The number of carbonyl (C=O) groups excluding carboxylic acids is 5. The number of hydrogen-bond acceptors (Lipinski definition) is 5. The summed E-state index contributed by atoms with van der Waals surface area (Å²) in [6.07, 6.45) is 1.59. The average molecular weight is 366 g/mol. The molecule has 0 aromatic carbocycles. The lowest BCUT2D eigenvalue weighted by Gasteiger charge is -1.91. The molecule has 0 bridgehead atoms. The molecule has 0 aliphatic carbocycles. The van der Waals surface area contributed by atoms with Crippen LogP contribution in [0.3, 0.4) is 0 Å². The zero-order chi connectivity index (χ0) is 16.1. The van der Waals surface area contributed by atoms with Gasteiger partial charge in [0.15, 0.2) is 0 Å². The van der Waals surface area contributed by atoms with Crippen LogP contribution in [-0.4, -0.2) is 26.8 Å². The van der Waals surface area contributed by atoms with Crippen molar-refractivity contribution in [2.45, 2.75) is 38.5 Å². The molecule has 0 fully saturated rings. The van der Waals surface area contributed by atoms with Gasteiger partial charge < -0.3 is 0 Å². The molecule has 0 N–H and O–H groups in total. The molecule has 0 aromatic heterocycles. The molecule has 0 saturated heterocycles. The molecule has 20 heavy (non-hydrogen) atoms. The van der Waals surface area contributed by atoms with Gasteiger partial charge in [0.05, 0.1) is 0 Å². The second-order valence-electron chi connectivity index (χ2n) is 3.47. The standard InChI is InChI=1S/C6H8Cl2O2.C5H4Cl2O3/c7-5(9)3-1-2-4-6(8)10;6-4(9)2-1-3(8)5(7)10/h1-4H2;1-2H2. The third-order valence-corrected chi connectivity index (χ3v) is 2.54. The molecule has 0 aliphatic heterocycles. The maximum Gasteiger partial charge on any atom is 0.288 e. The fourth-order valence-electron chi connectivity index (χ4n) is 0.838. The van der Waals surface area contributed by atoms with E-state index in [1.165, 1.54) is 0 Å². The molecule has 0 unspecified atom stereocenters. The van der Waals surface area contributed by atoms with Gasteiger partial charge in [-0.15, -0.1) is 0 Å². The number of unbranched alkanes of at least 4 members (excludes halogenated alkanes) is 1. The van der Waals surface area contributed by atoms with Crippen LogP contribution in [0.5, 0.6) is 0 Å². The molecule has 0 aliphatic rings. The van der Waals surface area contributed by atoms with E-state index in [4.69, 9.17) is 46.4 Å². The predicted molar refractivity (Wildman–Crippen MR) is 76.1 cm³/mol. The Morgan fingerprint density at radius 3 is 1.15 bits per heavy atom. The van der Waals surface area contributed by atoms with Crippen LogP contribution in [0.25, 0.3) is 0 Å². The minimum absolute atomic E-state index is 0.140. The Bertz CT molecular complexity index is 365. The molecule has 0 aromatic rings. The van der Waals surface area contributed by atoms with E-state index in [0.29, 0.717) is 25.7 Å². The van der Waals surface area contributed by atoms with Crippen molar-refractivity contribution in [3.63, 3.8) is 0 Å². The minimum Gasteiger partial charge on any atom is -0.289 e. The van der Waals surface area contributed by atoms with Crippen molar-refractivity contribution in [3.8, 4) is 0 Å². The molecule has 0 radical (unpaired) electrons. The van der Waals surface area contributed by atoms with Crippen LogP contribution in [0.2, 0.25) is 0 Å². The van der Waals surface area contributed by atoms with E-state index in [9.17, 15) is 24.0 Å². The molecule has 9 heteroatoms. The quantitative estimate of drug-likeness (QED) is 0.356. The molecular formula is C11H12Cl4O5. The monoisotopic (exact) mass is 364 g/mol. The summed E-state index contributed by atoms with van der Waals surface area (Å²) < 4.78 is 0. The first-order valence-electron chi connectivity index (χ1n) is 5.44. The molecule has 0 rings (SSSR count). The molecule has 0 amide bonds. The topological polar surface area (TPSA) is 85.3 Å². The van der Waals surface area contributed by atoms with Gasteiger partial charge in [0.1, 0.15) is 0 Å². The van der Waals surface area contributed by atoms with Gasteiger partial charge in [-0.05, 0) is 59.2 Å². The average Bonchev–Trinajstić information content (AvgIpc) is 2.31. The predicted octanol–water partition coefficient (Wildman–Crippen LogP) is 2.94. The van der Waals surface area contributed by atoms with Gasteiger partial charge in [-0.25, -0.2) is 0 Å². The summed E-state index contributed by atoms with van der Waals surface area (Å²) >= 11 is 19.7. The smallest absolute Gasteiger partial charge is 0.288 e. The van der Waals surface area contributed by atoms with E-state index in [-0.39, 0.29) is 23.3 Å². The van der Waals surface area contributed by atoms with Gasteiger partial charge >= 0.3 is 0 Å². The third kappa shape index (κ3) is 19.8. The molecular weight excluding hydrogens is 354 g/mol. The third-order valence-electron chi connectivity index (χ3n) is 1.76. The zero-order valence-corrected chi connectivity index (χ0v) is 13.3. The highest BCUT2D eigenvalue weighted by atomic mass is 35.5. The first kappa shape index (κ1) is 21.8. The fourth-order valence-corrected chi connectivity index (χ4v) is 1.29. The van der Waals surface area contributed by atoms with Crippen LogP contribution in [0.15, 0.2) is 0 Å². The van der Waals surface area contributed by atoms with Crippen molar-refractivity contribution in [1.29, 1.82) is 0 Å². The van der Waals surface area contributed by atoms with Crippen LogP contribution >= 0.6 is 46.4 Å². The van der Waals surface area contributed by atoms with Crippen LogP contribution in [0.4, 0.5) is 0 Å². The number of hydrogen-bond donors (Lipinski definition) is 0. The van der Waals surface area contributed by atoms with Crippen molar-refractivity contribution >= 4 is 73.2 Å². The Balaban J connectivity index is 0. The fraction of sp³-hybridized carbons (Fsp3) is 0.545. The van der Waals surface area contributed by atoms with Crippen molar-refractivity contribution in [2.24, 2.45) is 0 Å². The molecule has 0 heterocycles. The summed E-state index contributed by atoms with van der Waals surface area (Å²) in [5.74, 6) is -0.782. The summed E-state index contributed by atoms with van der Waals surface area (Å²) in [5.41, 5.74) is 0. The second-order valence-corrected chi connectivity index (χ2v) is 5.08. The first-order chi connectivity index (χ1) is 9.16. The normalized spacial score (nSPS) is 9.20. The lowest BCUT2D eigenvalue weighted by Crippen LogP contribution is -2.07. The lowest BCUT2D eigenvalue weighted by molar-refractivity contribution is -0.132. The van der Waals surface area contributed by atoms with Crippen LogP contribution in [-0.2, 0) is 24.0 Å². The van der Waals surface area contributed by atoms with E-state index in [2.05, 4.69) is 0 Å². The number of ketones is 1. The van der Waals surface area contributed by atoms with Gasteiger partial charge in [-0.2, -0.15) is 0 Å².